The monoisotopic (exact) mass is 240 g/mol. The third-order valence-electron chi connectivity index (χ3n) is 2.74. The number of nitrogens with zero attached hydrogens (tertiary/aromatic N) is 1. The summed E-state index contributed by atoms with van der Waals surface area (Å²) < 4.78 is 0. The van der Waals surface area contributed by atoms with Crippen LogP contribution in [0.5, 0.6) is 0 Å². The molecule has 0 atom stereocenters. The first-order valence-corrected chi connectivity index (χ1v) is 6.90. The van der Waals surface area contributed by atoms with Crippen LogP contribution in [0.3, 0.4) is 0 Å². The van der Waals surface area contributed by atoms with E-state index >= 15 is 0 Å². The molecule has 16 heavy (non-hydrogen) atoms. The molecule has 0 bridgehead atoms. The normalized spacial score (nSPS) is 11.3. The first-order valence-electron chi connectivity index (χ1n) is 6.08. The van der Waals surface area contributed by atoms with Gasteiger partial charge in [-0.2, -0.15) is 0 Å². The minimum atomic E-state index is 1.08. The zero-order valence-corrected chi connectivity index (χ0v) is 11.8. The second-order valence-corrected chi connectivity index (χ2v) is 5.78. The third-order valence-corrected chi connectivity index (χ3v) is 3.88. The Kier molecular flexibility index (Phi) is 6.03. The second-order valence-electron chi connectivity index (χ2n) is 4.44. The quantitative estimate of drug-likeness (QED) is 0.737. The van der Waals surface area contributed by atoms with Gasteiger partial charge in [-0.25, -0.2) is 0 Å². The standard InChI is InChI=1S/C13H24N2S/c1-5-6-14-7-8-15(4)10-13-9-11(2)12(3)16-13/h9,14H,5-8,10H2,1-4H3. The summed E-state index contributed by atoms with van der Waals surface area (Å²) in [6, 6.07) is 2.32. The molecular formula is C13H24N2S. The van der Waals surface area contributed by atoms with Gasteiger partial charge in [0.2, 0.25) is 0 Å². The number of hydrogen-bond acceptors (Lipinski definition) is 3. The summed E-state index contributed by atoms with van der Waals surface area (Å²) in [7, 11) is 2.19. The molecule has 0 saturated carbocycles. The summed E-state index contributed by atoms with van der Waals surface area (Å²) in [5, 5.41) is 3.43. The van der Waals surface area contributed by atoms with E-state index in [2.05, 4.69) is 44.1 Å². The van der Waals surface area contributed by atoms with E-state index in [0.29, 0.717) is 0 Å². The molecule has 1 aromatic rings. The molecule has 0 radical (unpaired) electrons. The molecular weight excluding hydrogens is 216 g/mol. The maximum Gasteiger partial charge on any atom is 0.0325 e. The average molecular weight is 240 g/mol. The minimum Gasteiger partial charge on any atom is -0.315 e. The molecule has 0 saturated heterocycles. The predicted octanol–water partition coefficient (Wildman–Crippen LogP) is 2.80. The van der Waals surface area contributed by atoms with Gasteiger partial charge in [-0.1, -0.05) is 6.92 Å². The van der Waals surface area contributed by atoms with Gasteiger partial charge in [0.05, 0.1) is 0 Å². The van der Waals surface area contributed by atoms with Gasteiger partial charge < -0.3 is 10.2 Å². The van der Waals surface area contributed by atoms with Crippen molar-refractivity contribution in [1.82, 2.24) is 10.2 Å². The van der Waals surface area contributed by atoms with Crippen molar-refractivity contribution in [2.24, 2.45) is 0 Å². The largest absolute Gasteiger partial charge is 0.315 e. The van der Waals surface area contributed by atoms with Crippen LogP contribution in [0, 0.1) is 13.8 Å². The zero-order valence-electron chi connectivity index (χ0n) is 11.0. The molecule has 1 aromatic heterocycles. The molecule has 0 aromatic carbocycles. The molecule has 0 spiro atoms. The van der Waals surface area contributed by atoms with Gasteiger partial charge in [-0.15, -0.1) is 11.3 Å². The number of nitrogens with one attached hydrogen (secondary N) is 1. The molecule has 92 valence electrons. The van der Waals surface area contributed by atoms with Gasteiger partial charge in [0, 0.05) is 29.4 Å². The molecule has 0 unspecified atom stereocenters. The number of aryl methyl sites for hydroxylation is 2. The maximum atomic E-state index is 3.43. The van der Waals surface area contributed by atoms with Crippen LogP contribution in [0.2, 0.25) is 0 Å². The van der Waals surface area contributed by atoms with E-state index in [-0.39, 0.29) is 0 Å². The fraction of sp³-hybridized carbons (Fsp3) is 0.692. The molecule has 1 N–H and O–H groups in total. The maximum absolute atomic E-state index is 3.43. The fourth-order valence-electron chi connectivity index (χ4n) is 1.64. The zero-order chi connectivity index (χ0) is 12.0. The summed E-state index contributed by atoms with van der Waals surface area (Å²) in [6.07, 6.45) is 1.22. The van der Waals surface area contributed by atoms with Crippen LogP contribution in [0.15, 0.2) is 6.07 Å². The molecule has 0 aliphatic heterocycles. The van der Waals surface area contributed by atoms with Gasteiger partial charge >= 0.3 is 0 Å². The highest BCUT2D eigenvalue weighted by Crippen LogP contribution is 2.21. The van der Waals surface area contributed by atoms with Crippen molar-refractivity contribution in [1.29, 1.82) is 0 Å². The van der Waals surface area contributed by atoms with E-state index in [0.717, 1.165) is 26.2 Å². The van der Waals surface area contributed by atoms with E-state index in [1.54, 1.807) is 0 Å². The molecule has 0 aliphatic carbocycles. The van der Waals surface area contributed by atoms with E-state index < -0.39 is 0 Å². The molecule has 2 nitrogen and oxygen atoms in total. The molecule has 1 heterocycles. The number of hydrogen-bond donors (Lipinski definition) is 1. The molecule has 0 aliphatic rings. The van der Waals surface area contributed by atoms with Crippen molar-refractivity contribution < 1.29 is 0 Å². The van der Waals surface area contributed by atoms with Crippen molar-refractivity contribution in [2.75, 3.05) is 26.7 Å². The molecule has 1 rings (SSSR count). The van der Waals surface area contributed by atoms with Crippen molar-refractivity contribution in [3.8, 4) is 0 Å². The summed E-state index contributed by atoms with van der Waals surface area (Å²) in [6.45, 7) is 11.0. The van der Waals surface area contributed by atoms with Crippen molar-refractivity contribution >= 4 is 11.3 Å². The van der Waals surface area contributed by atoms with E-state index in [1.165, 1.54) is 21.7 Å². The highest BCUT2D eigenvalue weighted by atomic mass is 32.1. The van der Waals surface area contributed by atoms with Gasteiger partial charge in [0.15, 0.2) is 0 Å². The van der Waals surface area contributed by atoms with Gasteiger partial charge in [0.1, 0.15) is 0 Å². The lowest BCUT2D eigenvalue weighted by molar-refractivity contribution is 0.327. The van der Waals surface area contributed by atoms with Crippen LogP contribution in [0.4, 0.5) is 0 Å². The van der Waals surface area contributed by atoms with Gasteiger partial charge in [-0.3, -0.25) is 0 Å². The third kappa shape index (κ3) is 4.64. The van der Waals surface area contributed by atoms with E-state index in [1.807, 2.05) is 11.3 Å². The van der Waals surface area contributed by atoms with Gasteiger partial charge in [-0.05, 0) is 45.5 Å². The first kappa shape index (κ1) is 13.7. The molecule has 0 fully saturated rings. The lowest BCUT2D eigenvalue weighted by Gasteiger charge is -2.15. The first-order chi connectivity index (χ1) is 7.63. The van der Waals surface area contributed by atoms with Crippen LogP contribution in [-0.2, 0) is 6.54 Å². The average Bonchev–Trinajstić information content (AvgIpc) is 2.53. The van der Waals surface area contributed by atoms with Crippen LogP contribution >= 0.6 is 11.3 Å². The fourth-order valence-corrected chi connectivity index (χ4v) is 2.78. The number of likely N-dealkylation sites (N-methyl/N-ethyl adjacent to an activating group) is 1. The van der Waals surface area contributed by atoms with Crippen LogP contribution in [-0.4, -0.2) is 31.6 Å². The van der Waals surface area contributed by atoms with Crippen LogP contribution in [0.1, 0.15) is 28.7 Å². The van der Waals surface area contributed by atoms with Crippen molar-refractivity contribution in [2.45, 2.75) is 33.7 Å². The second kappa shape index (κ2) is 7.05. The highest BCUT2D eigenvalue weighted by molar-refractivity contribution is 7.12. The van der Waals surface area contributed by atoms with E-state index in [4.69, 9.17) is 0 Å². The summed E-state index contributed by atoms with van der Waals surface area (Å²) in [5.41, 5.74) is 1.43. The Morgan fingerprint density at radius 1 is 1.31 bits per heavy atom. The Bertz CT molecular complexity index is 287. The number of thiophene rings is 1. The molecule has 0 amide bonds. The van der Waals surface area contributed by atoms with Crippen molar-refractivity contribution in [3.05, 3.63) is 21.4 Å². The Balaban J connectivity index is 2.25. The lowest BCUT2D eigenvalue weighted by Crippen LogP contribution is -2.29. The van der Waals surface area contributed by atoms with Gasteiger partial charge in [0.25, 0.3) is 0 Å². The smallest absolute Gasteiger partial charge is 0.0325 e. The summed E-state index contributed by atoms with van der Waals surface area (Å²) in [5.74, 6) is 0. The van der Waals surface area contributed by atoms with Crippen LogP contribution in [0.25, 0.3) is 0 Å². The summed E-state index contributed by atoms with van der Waals surface area (Å²) >= 11 is 1.92. The number of rotatable bonds is 7. The Labute approximate surface area is 104 Å². The Morgan fingerprint density at radius 3 is 2.62 bits per heavy atom. The Hall–Kier alpha value is -0.380. The topological polar surface area (TPSA) is 15.3 Å². The predicted molar refractivity (Wildman–Crippen MR) is 73.3 cm³/mol. The lowest BCUT2D eigenvalue weighted by atomic mass is 10.3. The Morgan fingerprint density at radius 2 is 2.06 bits per heavy atom. The molecule has 3 heteroatoms. The van der Waals surface area contributed by atoms with E-state index in [9.17, 15) is 0 Å². The SMILES string of the molecule is CCCNCCN(C)Cc1cc(C)c(C)s1. The van der Waals surface area contributed by atoms with Crippen LogP contribution < -0.4 is 5.32 Å². The highest BCUT2D eigenvalue weighted by Gasteiger charge is 2.04. The summed E-state index contributed by atoms with van der Waals surface area (Å²) in [4.78, 5) is 5.31. The van der Waals surface area contributed by atoms with Crippen molar-refractivity contribution in [3.63, 3.8) is 0 Å². The minimum absolute atomic E-state index is 1.08.